The Labute approximate surface area is 169 Å². The Kier molecular flexibility index (Phi) is 5.16. The monoisotopic (exact) mass is 389 g/mol. The molecule has 1 atom stereocenters. The molecule has 6 heteroatoms. The van der Waals surface area contributed by atoms with E-state index in [-0.39, 0.29) is 18.0 Å². The number of rotatable bonds is 4. The summed E-state index contributed by atoms with van der Waals surface area (Å²) < 4.78 is 5.34. The second-order valence-electron chi connectivity index (χ2n) is 7.05. The van der Waals surface area contributed by atoms with Gasteiger partial charge in [-0.2, -0.15) is 0 Å². The number of aromatic nitrogens is 1. The number of ether oxygens (including phenoxy) is 1. The van der Waals surface area contributed by atoms with Crippen LogP contribution < -0.4 is 10.6 Å². The molecule has 2 N–H and O–H groups in total. The first kappa shape index (κ1) is 18.9. The van der Waals surface area contributed by atoms with E-state index in [2.05, 4.69) is 4.98 Å². The summed E-state index contributed by atoms with van der Waals surface area (Å²) in [5.41, 5.74) is 9.94. The number of carbonyl (C=O) groups excluding carboxylic acids is 2. The summed E-state index contributed by atoms with van der Waals surface area (Å²) in [7, 11) is 0. The van der Waals surface area contributed by atoms with Gasteiger partial charge in [0.05, 0.1) is 18.1 Å². The highest BCUT2D eigenvalue weighted by atomic mass is 16.5. The third-order valence-electron chi connectivity index (χ3n) is 5.32. The van der Waals surface area contributed by atoms with E-state index < -0.39 is 11.9 Å². The molecular formula is C23H23N3O3. The lowest BCUT2D eigenvalue weighted by Crippen LogP contribution is -2.41. The lowest BCUT2D eigenvalue weighted by molar-refractivity contribution is -0.138. The van der Waals surface area contributed by atoms with Crippen molar-refractivity contribution in [2.24, 2.45) is 5.73 Å². The van der Waals surface area contributed by atoms with Crippen molar-refractivity contribution in [1.29, 1.82) is 0 Å². The van der Waals surface area contributed by atoms with E-state index in [1.165, 1.54) is 0 Å². The fourth-order valence-corrected chi connectivity index (χ4v) is 4.15. The van der Waals surface area contributed by atoms with E-state index in [0.717, 1.165) is 23.4 Å². The zero-order chi connectivity index (χ0) is 20.4. The van der Waals surface area contributed by atoms with Crippen molar-refractivity contribution in [3.8, 4) is 0 Å². The molecular weight excluding hydrogens is 366 g/mol. The van der Waals surface area contributed by atoms with Gasteiger partial charge in [0.25, 0.3) is 0 Å². The number of ketones is 1. The Balaban J connectivity index is 1.98. The molecule has 0 saturated heterocycles. The second-order valence-corrected chi connectivity index (χ2v) is 7.05. The van der Waals surface area contributed by atoms with Gasteiger partial charge >= 0.3 is 5.97 Å². The SMILES string of the molecule is CCOC(=O)C1=C(N)N(c2ccccc2)C2=C(C(=O)CCC2)[C@@H]1c1cccnc1. The Morgan fingerprint density at radius 1 is 1.21 bits per heavy atom. The van der Waals surface area contributed by atoms with Crippen LogP contribution in [0, 0.1) is 0 Å². The summed E-state index contributed by atoms with van der Waals surface area (Å²) in [6.07, 6.45) is 5.26. The number of para-hydroxylation sites is 1. The third-order valence-corrected chi connectivity index (χ3v) is 5.32. The Morgan fingerprint density at radius 2 is 2.00 bits per heavy atom. The van der Waals surface area contributed by atoms with Crippen LogP contribution in [0.4, 0.5) is 5.69 Å². The molecule has 1 aliphatic carbocycles. The van der Waals surface area contributed by atoms with Gasteiger partial charge in [0.15, 0.2) is 5.78 Å². The fraction of sp³-hybridized carbons (Fsp3) is 0.261. The lowest BCUT2D eigenvalue weighted by Gasteiger charge is -2.40. The molecule has 1 aromatic carbocycles. The van der Waals surface area contributed by atoms with Gasteiger partial charge in [-0.3, -0.25) is 14.7 Å². The van der Waals surface area contributed by atoms with Gasteiger partial charge < -0.3 is 10.5 Å². The molecule has 29 heavy (non-hydrogen) atoms. The molecule has 1 aliphatic heterocycles. The zero-order valence-corrected chi connectivity index (χ0v) is 16.3. The number of pyridine rings is 1. The van der Waals surface area contributed by atoms with Gasteiger partial charge in [-0.15, -0.1) is 0 Å². The molecule has 0 spiro atoms. The van der Waals surface area contributed by atoms with Gasteiger partial charge in [-0.25, -0.2) is 4.79 Å². The summed E-state index contributed by atoms with van der Waals surface area (Å²) in [6, 6.07) is 13.2. The molecule has 4 rings (SSSR count). The van der Waals surface area contributed by atoms with Crippen LogP contribution in [-0.4, -0.2) is 23.3 Å². The highest BCUT2D eigenvalue weighted by Crippen LogP contribution is 2.46. The number of nitrogens with two attached hydrogens (primary N) is 1. The first-order valence-electron chi connectivity index (χ1n) is 9.81. The maximum absolute atomic E-state index is 13.1. The largest absolute Gasteiger partial charge is 0.463 e. The van der Waals surface area contributed by atoms with Crippen molar-refractivity contribution < 1.29 is 14.3 Å². The van der Waals surface area contributed by atoms with Crippen LogP contribution in [0.5, 0.6) is 0 Å². The quantitative estimate of drug-likeness (QED) is 0.807. The van der Waals surface area contributed by atoms with Crippen LogP contribution in [0.2, 0.25) is 0 Å². The third kappa shape index (κ3) is 3.31. The minimum Gasteiger partial charge on any atom is -0.463 e. The minimum atomic E-state index is -0.578. The van der Waals surface area contributed by atoms with Crippen LogP contribution in [0.25, 0.3) is 0 Å². The summed E-state index contributed by atoms with van der Waals surface area (Å²) in [4.78, 5) is 32.2. The van der Waals surface area contributed by atoms with Gasteiger partial charge in [0.2, 0.25) is 0 Å². The first-order valence-corrected chi connectivity index (χ1v) is 9.81. The normalized spacial score (nSPS) is 19.3. The molecule has 148 valence electrons. The van der Waals surface area contributed by atoms with Crippen molar-refractivity contribution >= 4 is 17.4 Å². The van der Waals surface area contributed by atoms with Crippen molar-refractivity contribution in [2.75, 3.05) is 11.5 Å². The fourth-order valence-electron chi connectivity index (χ4n) is 4.15. The van der Waals surface area contributed by atoms with E-state index >= 15 is 0 Å². The van der Waals surface area contributed by atoms with Crippen LogP contribution in [0.3, 0.4) is 0 Å². The topological polar surface area (TPSA) is 85.5 Å². The summed E-state index contributed by atoms with van der Waals surface area (Å²) in [5.74, 6) is -0.748. The predicted molar refractivity (Wildman–Crippen MR) is 110 cm³/mol. The number of benzene rings is 1. The molecule has 2 aromatic rings. The predicted octanol–water partition coefficient (Wildman–Crippen LogP) is 3.43. The molecule has 0 fully saturated rings. The van der Waals surface area contributed by atoms with E-state index in [9.17, 15) is 9.59 Å². The van der Waals surface area contributed by atoms with E-state index in [1.54, 1.807) is 25.4 Å². The number of carbonyl (C=O) groups is 2. The van der Waals surface area contributed by atoms with Gasteiger partial charge in [0.1, 0.15) is 5.82 Å². The highest BCUT2D eigenvalue weighted by molar-refractivity contribution is 6.05. The highest BCUT2D eigenvalue weighted by Gasteiger charge is 2.43. The second kappa shape index (κ2) is 7.91. The van der Waals surface area contributed by atoms with E-state index in [0.29, 0.717) is 24.2 Å². The number of nitrogens with zero attached hydrogens (tertiary/aromatic N) is 2. The van der Waals surface area contributed by atoms with Crippen LogP contribution in [-0.2, 0) is 14.3 Å². The molecule has 1 aromatic heterocycles. The smallest absolute Gasteiger partial charge is 0.338 e. The summed E-state index contributed by atoms with van der Waals surface area (Å²) in [6.45, 7) is 1.97. The van der Waals surface area contributed by atoms with Crippen molar-refractivity contribution in [3.63, 3.8) is 0 Å². The van der Waals surface area contributed by atoms with Crippen molar-refractivity contribution in [1.82, 2.24) is 4.98 Å². The van der Waals surface area contributed by atoms with E-state index in [4.69, 9.17) is 10.5 Å². The zero-order valence-electron chi connectivity index (χ0n) is 16.3. The first-order chi connectivity index (χ1) is 14.1. The minimum absolute atomic E-state index is 0.0373. The average molecular weight is 389 g/mol. The molecule has 0 saturated carbocycles. The number of Topliss-reactive ketones (excluding diaryl/α,β-unsaturated/α-hetero) is 1. The number of allylic oxidation sites excluding steroid dienone is 2. The van der Waals surface area contributed by atoms with Gasteiger partial charge in [0, 0.05) is 35.8 Å². The van der Waals surface area contributed by atoms with Crippen LogP contribution in [0.15, 0.2) is 77.5 Å². The van der Waals surface area contributed by atoms with Gasteiger partial charge in [-0.05, 0) is 43.5 Å². The van der Waals surface area contributed by atoms with Crippen molar-refractivity contribution in [2.45, 2.75) is 32.1 Å². The average Bonchev–Trinajstić information content (AvgIpc) is 2.74. The number of anilines is 1. The Hall–Kier alpha value is -3.41. The van der Waals surface area contributed by atoms with Crippen molar-refractivity contribution in [3.05, 3.63) is 83.1 Å². The van der Waals surface area contributed by atoms with Gasteiger partial charge in [-0.1, -0.05) is 24.3 Å². The van der Waals surface area contributed by atoms with E-state index in [1.807, 2.05) is 41.3 Å². The summed E-state index contributed by atoms with van der Waals surface area (Å²) in [5, 5.41) is 0. The number of hydrogen-bond acceptors (Lipinski definition) is 6. The molecule has 2 heterocycles. The Morgan fingerprint density at radius 3 is 2.69 bits per heavy atom. The van der Waals surface area contributed by atoms with Crippen LogP contribution >= 0.6 is 0 Å². The number of esters is 1. The molecule has 0 bridgehead atoms. The molecule has 0 unspecified atom stereocenters. The molecule has 0 radical (unpaired) electrons. The van der Waals surface area contributed by atoms with Crippen LogP contribution in [0.1, 0.15) is 37.7 Å². The maximum Gasteiger partial charge on any atom is 0.338 e. The molecule has 0 amide bonds. The Bertz CT molecular complexity index is 997. The lowest BCUT2D eigenvalue weighted by atomic mass is 9.75. The molecule has 6 nitrogen and oxygen atoms in total. The summed E-state index contributed by atoms with van der Waals surface area (Å²) >= 11 is 0. The standard InChI is InChI=1S/C23H23N3O3/c1-2-29-23(28)21-19(15-8-7-13-25-14-15)20-17(11-6-12-18(20)27)26(22(21)24)16-9-4-3-5-10-16/h3-5,7-10,13-14,19H,2,6,11-12,24H2,1H3/t19-/m0/s1. The maximum atomic E-state index is 13.1. The molecule has 2 aliphatic rings. The number of hydrogen-bond donors (Lipinski definition) is 1.